The van der Waals surface area contributed by atoms with Crippen LogP contribution < -0.4 is 10.1 Å². The van der Waals surface area contributed by atoms with E-state index in [1.165, 1.54) is 5.56 Å². The van der Waals surface area contributed by atoms with Crippen LogP contribution in [-0.4, -0.2) is 12.0 Å². The lowest BCUT2D eigenvalue weighted by Gasteiger charge is -2.37. The van der Waals surface area contributed by atoms with Gasteiger partial charge in [-0.2, -0.15) is 0 Å². The highest BCUT2D eigenvalue weighted by Gasteiger charge is 2.42. The first-order chi connectivity index (χ1) is 12.1. The van der Waals surface area contributed by atoms with Gasteiger partial charge >= 0.3 is 0 Å². The number of fused-ring (bicyclic) bond motifs is 3. The van der Waals surface area contributed by atoms with E-state index in [2.05, 4.69) is 45.5 Å². The van der Waals surface area contributed by atoms with Crippen molar-refractivity contribution in [3.05, 3.63) is 74.3 Å². The van der Waals surface area contributed by atoms with Gasteiger partial charge in [-0.05, 0) is 36.1 Å². The Labute approximate surface area is 154 Å². The Morgan fingerprint density at radius 3 is 2.68 bits per heavy atom. The first-order valence-electron chi connectivity index (χ1n) is 8.14. The molecule has 1 aliphatic carbocycles. The van der Waals surface area contributed by atoms with Gasteiger partial charge in [0.05, 0.1) is 29.3 Å². The second-order valence-electron chi connectivity index (χ2n) is 6.36. The number of allylic oxidation sites excluding steroid dienone is 2. The number of benzene rings is 2. The van der Waals surface area contributed by atoms with E-state index in [0.717, 1.165) is 22.1 Å². The van der Waals surface area contributed by atoms with Crippen molar-refractivity contribution in [2.75, 3.05) is 12.4 Å². The number of methoxy groups -OCH3 is 1. The summed E-state index contributed by atoms with van der Waals surface area (Å²) in [4.78, 5) is 11.3. The van der Waals surface area contributed by atoms with Crippen LogP contribution in [0, 0.1) is 16.0 Å². The number of nitro groups is 1. The van der Waals surface area contributed by atoms with Gasteiger partial charge < -0.3 is 10.1 Å². The first-order valence-corrected chi connectivity index (χ1v) is 8.93. The lowest BCUT2D eigenvalue weighted by atomic mass is 9.76. The molecule has 3 atom stereocenters. The molecule has 1 N–H and O–H groups in total. The number of nitro benzene ring substituents is 1. The van der Waals surface area contributed by atoms with Gasteiger partial charge in [0.15, 0.2) is 0 Å². The highest BCUT2D eigenvalue weighted by Crippen LogP contribution is 2.54. The van der Waals surface area contributed by atoms with Gasteiger partial charge in [-0.15, -0.1) is 0 Å². The van der Waals surface area contributed by atoms with Crippen LogP contribution in [0.1, 0.15) is 29.5 Å². The van der Waals surface area contributed by atoms with Gasteiger partial charge in [0, 0.05) is 16.5 Å². The van der Waals surface area contributed by atoms with Crippen LogP contribution in [0.3, 0.4) is 0 Å². The summed E-state index contributed by atoms with van der Waals surface area (Å²) in [5.41, 5.74) is 2.79. The predicted molar refractivity (Wildman–Crippen MR) is 100 cm³/mol. The molecule has 0 amide bonds. The molecule has 0 radical (unpaired) electrons. The van der Waals surface area contributed by atoms with E-state index in [9.17, 15) is 10.1 Å². The highest BCUT2D eigenvalue weighted by molar-refractivity contribution is 9.10. The summed E-state index contributed by atoms with van der Waals surface area (Å²) < 4.78 is 6.51. The van der Waals surface area contributed by atoms with Gasteiger partial charge in [-0.3, -0.25) is 10.1 Å². The zero-order valence-electron chi connectivity index (χ0n) is 13.6. The summed E-state index contributed by atoms with van der Waals surface area (Å²) in [6, 6.07) is 11.5. The Bertz CT molecular complexity index is 864. The summed E-state index contributed by atoms with van der Waals surface area (Å²) in [6.45, 7) is 0. The van der Waals surface area contributed by atoms with Crippen molar-refractivity contribution in [2.24, 2.45) is 5.92 Å². The quantitative estimate of drug-likeness (QED) is 0.437. The molecule has 0 saturated heterocycles. The second-order valence-corrected chi connectivity index (χ2v) is 7.28. The normalized spacial score (nSPS) is 23.5. The average molecular weight is 401 g/mol. The predicted octanol–water partition coefficient (Wildman–Crippen LogP) is 5.19. The highest BCUT2D eigenvalue weighted by atomic mass is 79.9. The molecule has 0 spiro atoms. The van der Waals surface area contributed by atoms with Crippen molar-refractivity contribution in [3.63, 3.8) is 0 Å². The van der Waals surface area contributed by atoms with E-state index in [4.69, 9.17) is 4.74 Å². The Balaban J connectivity index is 1.87. The van der Waals surface area contributed by atoms with Crippen molar-refractivity contribution in [3.8, 4) is 5.75 Å². The van der Waals surface area contributed by atoms with E-state index in [-0.39, 0.29) is 28.5 Å². The number of nitrogens with one attached hydrogen (secondary N) is 1. The molecule has 5 nitrogen and oxygen atoms in total. The fourth-order valence-corrected chi connectivity index (χ4v) is 4.26. The molecule has 0 bridgehead atoms. The third-order valence-electron chi connectivity index (χ3n) is 5.10. The molecule has 6 heteroatoms. The summed E-state index contributed by atoms with van der Waals surface area (Å²) in [7, 11) is 1.59. The third-order valence-corrected chi connectivity index (χ3v) is 5.63. The van der Waals surface area contributed by atoms with Crippen molar-refractivity contribution in [1.29, 1.82) is 0 Å². The Hall–Kier alpha value is -2.34. The minimum Gasteiger partial charge on any atom is -0.495 e. The lowest BCUT2D eigenvalue weighted by molar-refractivity contribution is -0.385. The fourth-order valence-electron chi connectivity index (χ4n) is 3.99. The SMILES string of the molecule is COc1ccc([N+](=O)[O-])c2c1N[C@H](c1ccc(Br)cc1)[C@@H]1CC=C[C@@H]21. The first kappa shape index (κ1) is 16.1. The number of nitrogens with zero attached hydrogens (tertiary/aromatic N) is 1. The fraction of sp³-hybridized carbons (Fsp3) is 0.263. The van der Waals surface area contributed by atoms with Crippen LogP contribution in [-0.2, 0) is 0 Å². The summed E-state index contributed by atoms with van der Waals surface area (Å²) in [6.07, 6.45) is 5.12. The van der Waals surface area contributed by atoms with Gasteiger partial charge in [-0.25, -0.2) is 0 Å². The van der Waals surface area contributed by atoms with E-state index in [0.29, 0.717) is 5.75 Å². The van der Waals surface area contributed by atoms with Crippen LogP contribution in [0.4, 0.5) is 11.4 Å². The summed E-state index contributed by atoms with van der Waals surface area (Å²) in [5.74, 6) is 0.904. The Kier molecular flexibility index (Phi) is 4.00. The molecule has 2 aliphatic rings. The molecule has 25 heavy (non-hydrogen) atoms. The molecule has 0 fully saturated rings. The molecular weight excluding hydrogens is 384 g/mol. The van der Waals surface area contributed by atoms with E-state index < -0.39 is 0 Å². The van der Waals surface area contributed by atoms with Gasteiger partial charge in [0.1, 0.15) is 5.75 Å². The maximum absolute atomic E-state index is 11.6. The smallest absolute Gasteiger partial charge is 0.275 e. The lowest BCUT2D eigenvalue weighted by Crippen LogP contribution is -2.30. The monoisotopic (exact) mass is 400 g/mol. The number of rotatable bonds is 3. The van der Waals surface area contributed by atoms with Gasteiger partial charge in [0.25, 0.3) is 5.69 Å². The number of halogens is 1. The molecule has 0 aromatic heterocycles. The van der Waals surface area contributed by atoms with Crippen LogP contribution in [0.2, 0.25) is 0 Å². The topological polar surface area (TPSA) is 64.4 Å². The molecular formula is C19H17BrN2O3. The zero-order valence-corrected chi connectivity index (χ0v) is 15.2. The standard InChI is InChI=1S/C19H17BrN2O3/c1-25-16-10-9-15(22(23)24)17-13-3-2-4-14(13)18(21-19(16)17)11-5-7-12(20)8-6-11/h2-3,5-10,13-14,18,21H,4H2,1H3/t13-,14-,18-/m1/s1. The van der Waals surface area contributed by atoms with E-state index in [1.54, 1.807) is 19.2 Å². The van der Waals surface area contributed by atoms with Crippen LogP contribution in [0.15, 0.2) is 53.0 Å². The molecule has 128 valence electrons. The second kappa shape index (κ2) is 6.19. The van der Waals surface area contributed by atoms with Crippen LogP contribution in [0.5, 0.6) is 5.75 Å². The summed E-state index contributed by atoms with van der Waals surface area (Å²) >= 11 is 3.47. The van der Waals surface area contributed by atoms with E-state index in [1.807, 2.05) is 12.1 Å². The average Bonchev–Trinajstić information content (AvgIpc) is 3.10. The minimum atomic E-state index is -0.302. The van der Waals surface area contributed by atoms with Crippen molar-refractivity contribution >= 4 is 27.3 Å². The molecule has 2 aromatic rings. The Morgan fingerprint density at radius 1 is 1.24 bits per heavy atom. The molecule has 1 heterocycles. The van der Waals surface area contributed by atoms with Crippen molar-refractivity contribution in [1.82, 2.24) is 0 Å². The number of ether oxygens (including phenoxy) is 1. The molecule has 0 saturated carbocycles. The van der Waals surface area contributed by atoms with Crippen molar-refractivity contribution < 1.29 is 9.66 Å². The largest absolute Gasteiger partial charge is 0.495 e. The van der Waals surface area contributed by atoms with Gasteiger partial charge in [-0.1, -0.05) is 40.2 Å². The molecule has 0 unspecified atom stereocenters. The maximum Gasteiger partial charge on any atom is 0.275 e. The van der Waals surface area contributed by atoms with Crippen LogP contribution >= 0.6 is 15.9 Å². The molecule has 2 aromatic carbocycles. The van der Waals surface area contributed by atoms with Crippen molar-refractivity contribution in [2.45, 2.75) is 18.4 Å². The maximum atomic E-state index is 11.6. The Morgan fingerprint density at radius 2 is 2.00 bits per heavy atom. The summed E-state index contributed by atoms with van der Waals surface area (Å²) in [5, 5.41) is 15.1. The minimum absolute atomic E-state index is 0.0143. The molecule has 1 aliphatic heterocycles. The number of hydrogen-bond donors (Lipinski definition) is 1. The third kappa shape index (κ3) is 2.61. The number of anilines is 1. The van der Waals surface area contributed by atoms with E-state index >= 15 is 0 Å². The zero-order chi connectivity index (χ0) is 17.6. The molecule has 4 rings (SSSR count). The van der Waals surface area contributed by atoms with Crippen LogP contribution in [0.25, 0.3) is 0 Å². The van der Waals surface area contributed by atoms with Gasteiger partial charge in [0.2, 0.25) is 0 Å². The number of hydrogen-bond acceptors (Lipinski definition) is 4.